The summed E-state index contributed by atoms with van der Waals surface area (Å²) in [4.78, 5) is 20.1. The minimum atomic E-state index is -3.46. The third kappa shape index (κ3) is 5.30. The molecule has 9 nitrogen and oxygen atoms in total. The number of hydrogen-bond acceptors (Lipinski definition) is 9. The highest BCUT2D eigenvalue weighted by atomic mass is 32.2. The lowest BCUT2D eigenvalue weighted by Crippen LogP contribution is -2.41. The van der Waals surface area contributed by atoms with Crippen molar-refractivity contribution in [3.63, 3.8) is 0 Å². The molecule has 2 saturated heterocycles. The normalized spacial score (nSPS) is 19.3. The third-order valence-corrected chi connectivity index (χ3v) is 10.1. The van der Waals surface area contributed by atoms with Crippen molar-refractivity contribution >= 4 is 60.9 Å². The minimum Gasteiger partial charge on any atom is -0.356 e. The van der Waals surface area contributed by atoms with Gasteiger partial charge >= 0.3 is 0 Å². The van der Waals surface area contributed by atoms with Gasteiger partial charge in [-0.25, -0.2) is 13.4 Å². The Bertz CT molecular complexity index is 1320. The van der Waals surface area contributed by atoms with Crippen LogP contribution in [0.25, 0.3) is 10.9 Å². The molecular formula is C23H28N6O3S3. The van der Waals surface area contributed by atoms with Crippen molar-refractivity contribution in [3.8, 4) is 0 Å². The molecule has 2 aliphatic heterocycles. The zero-order valence-corrected chi connectivity index (χ0v) is 22.0. The number of carbonyl (C=O) groups excluding carboxylic acids is 1. The highest BCUT2D eigenvalue weighted by Gasteiger charge is 2.29. The molecule has 12 heteroatoms. The number of benzene rings is 1. The van der Waals surface area contributed by atoms with Crippen LogP contribution in [-0.4, -0.2) is 65.7 Å². The van der Waals surface area contributed by atoms with Gasteiger partial charge < -0.3 is 10.2 Å². The lowest BCUT2D eigenvalue weighted by atomic mass is 9.97. The van der Waals surface area contributed by atoms with Crippen LogP contribution >= 0.6 is 23.1 Å². The lowest BCUT2D eigenvalue weighted by molar-refractivity contribution is -0.120. The van der Waals surface area contributed by atoms with Gasteiger partial charge in [0, 0.05) is 31.6 Å². The first-order chi connectivity index (χ1) is 16.9. The van der Waals surface area contributed by atoms with E-state index in [0.717, 1.165) is 59.0 Å². The van der Waals surface area contributed by atoms with E-state index in [-0.39, 0.29) is 11.8 Å². The van der Waals surface area contributed by atoms with Gasteiger partial charge in [0.15, 0.2) is 4.34 Å². The smallest absolute Gasteiger partial charge is 0.243 e. The number of aromatic nitrogens is 3. The van der Waals surface area contributed by atoms with Gasteiger partial charge in [-0.15, -0.1) is 10.2 Å². The SMILES string of the molecule is CCSc1nnc(NC(=O)[C@@H]2CCCN(c3ccc4cc(S(=O)(=O)N5CCCC5)ccc4n3)C2)s1. The fraction of sp³-hybridized carbons (Fsp3) is 0.478. The van der Waals surface area contributed by atoms with E-state index in [4.69, 9.17) is 4.98 Å². The number of sulfonamides is 1. The number of piperidine rings is 1. The second-order valence-corrected chi connectivity index (χ2v) is 13.1. The molecule has 0 spiro atoms. The predicted molar refractivity (Wildman–Crippen MR) is 140 cm³/mol. The van der Waals surface area contributed by atoms with Gasteiger partial charge in [0.1, 0.15) is 5.82 Å². The van der Waals surface area contributed by atoms with Crippen molar-refractivity contribution < 1.29 is 13.2 Å². The second-order valence-electron chi connectivity index (χ2n) is 8.72. The number of fused-ring (bicyclic) bond motifs is 1. The summed E-state index contributed by atoms with van der Waals surface area (Å²) in [5.74, 6) is 1.49. The summed E-state index contributed by atoms with van der Waals surface area (Å²) in [6.07, 6.45) is 3.51. The molecule has 0 radical (unpaired) electrons. The fourth-order valence-electron chi connectivity index (χ4n) is 4.56. The first-order valence-corrected chi connectivity index (χ1v) is 15.1. The zero-order valence-electron chi connectivity index (χ0n) is 19.5. The molecule has 1 N–H and O–H groups in total. The average Bonchev–Trinajstić information content (AvgIpc) is 3.57. The Morgan fingerprint density at radius 3 is 2.77 bits per heavy atom. The number of carbonyl (C=O) groups is 1. The Labute approximate surface area is 213 Å². The van der Waals surface area contributed by atoms with E-state index in [1.54, 1.807) is 34.3 Å². The monoisotopic (exact) mass is 532 g/mol. The Kier molecular flexibility index (Phi) is 7.24. The first-order valence-electron chi connectivity index (χ1n) is 11.9. The van der Waals surface area contributed by atoms with Crippen LogP contribution in [-0.2, 0) is 14.8 Å². The molecule has 0 unspecified atom stereocenters. The van der Waals surface area contributed by atoms with Crippen molar-refractivity contribution in [2.45, 2.75) is 41.8 Å². The van der Waals surface area contributed by atoms with Crippen LogP contribution < -0.4 is 10.2 Å². The van der Waals surface area contributed by atoms with Crippen LogP contribution in [0.5, 0.6) is 0 Å². The van der Waals surface area contributed by atoms with Crippen LogP contribution in [0.3, 0.4) is 0 Å². The molecule has 0 aliphatic carbocycles. The van der Waals surface area contributed by atoms with E-state index in [0.29, 0.717) is 29.7 Å². The molecule has 0 saturated carbocycles. The predicted octanol–water partition coefficient (Wildman–Crippen LogP) is 3.84. The van der Waals surface area contributed by atoms with Crippen LogP contribution in [0, 0.1) is 5.92 Å². The summed E-state index contributed by atoms with van der Waals surface area (Å²) >= 11 is 3.00. The van der Waals surface area contributed by atoms with Gasteiger partial charge in [0.25, 0.3) is 0 Å². The van der Waals surface area contributed by atoms with Crippen molar-refractivity contribution in [1.82, 2.24) is 19.5 Å². The van der Waals surface area contributed by atoms with E-state index < -0.39 is 10.0 Å². The Balaban J connectivity index is 1.29. The van der Waals surface area contributed by atoms with E-state index in [1.807, 2.05) is 12.1 Å². The molecule has 4 heterocycles. The van der Waals surface area contributed by atoms with E-state index in [1.165, 1.54) is 11.3 Å². The number of nitrogens with one attached hydrogen (secondary N) is 1. The summed E-state index contributed by atoms with van der Waals surface area (Å²) in [6.45, 7) is 4.61. The number of rotatable bonds is 7. The molecule has 1 amide bonds. The Morgan fingerprint density at radius 1 is 1.14 bits per heavy atom. The van der Waals surface area contributed by atoms with Crippen LogP contribution in [0.1, 0.15) is 32.6 Å². The minimum absolute atomic E-state index is 0.0450. The molecule has 2 fully saturated rings. The van der Waals surface area contributed by atoms with Gasteiger partial charge in [-0.1, -0.05) is 30.0 Å². The fourth-order valence-corrected chi connectivity index (χ4v) is 7.76. The summed E-state index contributed by atoms with van der Waals surface area (Å²) in [5.41, 5.74) is 0.740. The largest absolute Gasteiger partial charge is 0.356 e. The number of amides is 1. The van der Waals surface area contributed by atoms with Crippen LogP contribution in [0.15, 0.2) is 39.6 Å². The zero-order chi connectivity index (χ0) is 24.4. The number of nitrogens with zero attached hydrogens (tertiary/aromatic N) is 5. The van der Waals surface area contributed by atoms with E-state index in [2.05, 4.69) is 27.3 Å². The highest BCUT2D eigenvalue weighted by Crippen LogP contribution is 2.29. The Hall–Kier alpha value is -2.28. The summed E-state index contributed by atoms with van der Waals surface area (Å²) in [7, 11) is -3.46. The molecule has 1 atom stereocenters. The maximum absolute atomic E-state index is 12.9. The van der Waals surface area contributed by atoms with Gasteiger partial charge in [0.2, 0.25) is 21.1 Å². The molecule has 186 valence electrons. The topological polar surface area (TPSA) is 108 Å². The highest BCUT2D eigenvalue weighted by molar-refractivity contribution is 8.01. The van der Waals surface area contributed by atoms with Crippen molar-refractivity contribution in [2.75, 3.05) is 42.1 Å². The molecular weight excluding hydrogens is 504 g/mol. The molecule has 5 rings (SSSR count). The summed E-state index contributed by atoms with van der Waals surface area (Å²) in [5, 5.41) is 12.4. The van der Waals surface area contributed by atoms with Crippen LogP contribution in [0.2, 0.25) is 0 Å². The van der Waals surface area contributed by atoms with E-state index in [9.17, 15) is 13.2 Å². The van der Waals surface area contributed by atoms with Gasteiger partial charge in [-0.05, 0) is 61.8 Å². The number of pyridine rings is 1. The first kappa shape index (κ1) is 24.4. The molecule has 2 aromatic heterocycles. The Morgan fingerprint density at radius 2 is 1.97 bits per heavy atom. The summed E-state index contributed by atoms with van der Waals surface area (Å²) in [6, 6.07) is 8.95. The van der Waals surface area contributed by atoms with E-state index >= 15 is 0 Å². The van der Waals surface area contributed by atoms with Gasteiger partial charge in [-0.3, -0.25) is 4.79 Å². The maximum Gasteiger partial charge on any atom is 0.243 e. The quantitative estimate of drug-likeness (QED) is 0.361. The van der Waals surface area contributed by atoms with Gasteiger partial charge in [0.05, 0.1) is 16.3 Å². The number of hydrogen-bond donors (Lipinski definition) is 1. The number of anilines is 2. The molecule has 35 heavy (non-hydrogen) atoms. The average molecular weight is 533 g/mol. The van der Waals surface area contributed by atoms with Crippen molar-refractivity contribution in [3.05, 3.63) is 30.3 Å². The third-order valence-electron chi connectivity index (χ3n) is 6.37. The molecule has 1 aromatic carbocycles. The second kappa shape index (κ2) is 10.4. The maximum atomic E-state index is 12.9. The summed E-state index contributed by atoms with van der Waals surface area (Å²) < 4.78 is 28.2. The standard InChI is InChI=1S/C23H28N6O3S3/c1-2-33-23-27-26-22(34-23)25-21(30)17-6-5-11-28(15-17)20-10-7-16-14-18(8-9-19(16)24-20)35(31,32)29-12-3-4-13-29/h7-10,14,17H,2-6,11-13,15H2,1H3,(H,25,26,30)/t17-/m1/s1. The molecule has 2 aliphatic rings. The van der Waals surface area contributed by atoms with Crippen molar-refractivity contribution in [1.29, 1.82) is 0 Å². The molecule has 3 aromatic rings. The van der Waals surface area contributed by atoms with Crippen molar-refractivity contribution in [2.24, 2.45) is 5.92 Å². The van der Waals surface area contributed by atoms with Gasteiger partial charge in [-0.2, -0.15) is 4.31 Å². The lowest BCUT2D eigenvalue weighted by Gasteiger charge is -2.32. The molecule has 0 bridgehead atoms. The number of thioether (sulfide) groups is 1. The van der Waals surface area contributed by atoms with Crippen LogP contribution in [0.4, 0.5) is 10.9 Å².